The Morgan fingerprint density at radius 2 is 1.78 bits per heavy atom. The van der Waals surface area contributed by atoms with Gasteiger partial charge in [0.05, 0.1) is 30.6 Å². The second-order valence-electron chi connectivity index (χ2n) is 13.8. The summed E-state index contributed by atoms with van der Waals surface area (Å²) in [5.74, 6) is -1.54. The number of carbonyl (C=O) groups is 4. The summed E-state index contributed by atoms with van der Waals surface area (Å²) < 4.78 is 41.4. The van der Waals surface area contributed by atoms with E-state index < -0.39 is 45.4 Å². The first-order valence-electron chi connectivity index (χ1n) is 17.9. The highest BCUT2D eigenvalue weighted by molar-refractivity contribution is 7.90. The van der Waals surface area contributed by atoms with Crippen molar-refractivity contribution in [3.63, 3.8) is 0 Å². The molecule has 14 heteroatoms. The molecule has 7 rings (SSSR count). The molecule has 3 aromatic carbocycles. The number of aromatic nitrogens is 1. The minimum absolute atomic E-state index is 0.0485. The first-order valence-corrected chi connectivity index (χ1v) is 19.4. The monoisotopic (exact) mass is 751 g/mol. The predicted octanol–water partition coefficient (Wildman–Crippen LogP) is 4.73. The normalized spacial score (nSPS) is 24.4. The van der Waals surface area contributed by atoms with E-state index in [1.807, 2.05) is 54.6 Å². The number of nitrogens with one attached hydrogen (secondary N) is 3. The number of carbonyl (C=O) groups excluding carboxylic acids is 4. The molecule has 3 heterocycles. The number of rotatable bonds is 6. The molecule has 1 aliphatic carbocycles. The van der Waals surface area contributed by atoms with Gasteiger partial charge in [0.2, 0.25) is 17.7 Å². The van der Waals surface area contributed by atoms with Gasteiger partial charge in [0.15, 0.2) is 0 Å². The van der Waals surface area contributed by atoms with Crippen LogP contribution in [0.1, 0.15) is 45.4 Å². The minimum atomic E-state index is -4.47. The average Bonchev–Trinajstić information content (AvgIpc) is 3.68. The first-order chi connectivity index (χ1) is 26.0. The highest BCUT2D eigenvalue weighted by Gasteiger charge is 2.61. The molecule has 0 bridgehead atoms. The van der Waals surface area contributed by atoms with Crippen LogP contribution in [0.3, 0.4) is 0 Å². The van der Waals surface area contributed by atoms with E-state index in [1.54, 1.807) is 25.3 Å². The van der Waals surface area contributed by atoms with E-state index >= 15 is 0 Å². The molecule has 0 radical (unpaired) electrons. The summed E-state index contributed by atoms with van der Waals surface area (Å²) in [6.45, 7) is 1.47. The van der Waals surface area contributed by atoms with Gasteiger partial charge in [-0.15, -0.1) is 0 Å². The van der Waals surface area contributed by atoms with E-state index in [0.717, 1.165) is 10.9 Å². The number of para-hydroxylation sites is 1. The van der Waals surface area contributed by atoms with Gasteiger partial charge in [0.25, 0.3) is 15.9 Å². The molecule has 2 fully saturated rings. The molecule has 3 N–H and O–H groups in total. The Morgan fingerprint density at radius 3 is 2.56 bits per heavy atom. The Balaban J connectivity index is 1.15. The lowest BCUT2D eigenvalue weighted by Crippen LogP contribution is -2.56. The number of anilines is 1. The zero-order valence-corrected chi connectivity index (χ0v) is 30.7. The first kappa shape index (κ1) is 36.6. The minimum Gasteiger partial charge on any atom is -0.497 e. The number of methoxy groups -OCH3 is 1. The van der Waals surface area contributed by atoms with Gasteiger partial charge in [-0.3, -0.25) is 19.2 Å². The summed E-state index contributed by atoms with van der Waals surface area (Å²) in [6, 6.07) is 21.8. The number of sulfonamides is 1. The van der Waals surface area contributed by atoms with Crippen molar-refractivity contribution < 1.29 is 37.1 Å². The lowest BCUT2D eigenvalue weighted by atomic mass is 10.1. The topological polar surface area (TPSA) is 173 Å². The fraction of sp³-hybridized carbons (Fsp3) is 0.325. The molecule has 1 saturated heterocycles. The molecule has 2 aliphatic heterocycles. The van der Waals surface area contributed by atoms with E-state index in [2.05, 4.69) is 15.4 Å². The van der Waals surface area contributed by atoms with Crippen LogP contribution in [-0.4, -0.2) is 73.3 Å². The second-order valence-corrected chi connectivity index (χ2v) is 15.5. The van der Waals surface area contributed by atoms with Gasteiger partial charge in [0.1, 0.15) is 34.1 Å². The fourth-order valence-electron chi connectivity index (χ4n) is 7.19. The number of nitrogens with zero attached hydrogens (tertiary/aromatic N) is 2. The van der Waals surface area contributed by atoms with Crippen LogP contribution in [0.2, 0.25) is 0 Å². The van der Waals surface area contributed by atoms with Crippen molar-refractivity contribution in [1.82, 2.24) is 19.9 Å². The maximum Gasteiger partial charge on any atom is 0.266 e. The Hall–Kier alpha value is -5.76. The molecule has 280 valence electrons. The number of amides is 4. The maximum absolute atomic E-state index is 14.2. The number of pyridine rings is 1. The predicted molar refractivity (Wildman–Crippen MR) is 201 cm³/mol. The van der Waals surface area contributed by atoms with Crippen LogP contribution in [0, 0.1) is 5.92 Å². The molecular formula is C40H41N5O8S. The quantitative estimate of drug-likeness (QED) is 0.236. The van der Waals surface area contributed by atoms with E-state index in [1.165, 1.54) is 30.0 Å². The smallest absolute Gasteiger partial charge is 0.266 e. The molecule has 0 unspecified atom stereocenters. The SMILES string of the molecule is COc1ccc2c(O[C@@H]3C[C@@H](C(=O)N[C@]45C[C@@H]4/C=C\CCCCC(=O)Nc4ccccc4S(=O)(=O)NC5=O)N(C(C)=O)C3)cc(-c3ccccc3)nc2c1. The van der Waals surface area contributed by atoms with Crippen LogP contribution in [0.5, 0.6) is 11.5 Å². The molecule has 3 aliphatic rings. The number of likely N-dealkylation sites (tertiary alicyclic amines) is 1. The summed E-state index contributed by atoms with van der Waals surface area (Å²) in [7, 11) is -2.90. The zero-order valence-electron chi connectivity index (χ0n) is 29.9. The largest absolute Gasteiger partial charge is 0.497 e. The van der Waals surface area contributed by atoms with Crippen molar-refractivity contribution in [1.29, 1.82) is 0 Å². The summed E-state index contributed by atoms with van der Waals surface area (Å²) in [5, 5.41) is 6.22. The summed E-state index contributed by atoms with van der Waals surface area (Å²) in [6.07, 6.45) is 5.49. The van der Waals surface area contributed by atoms with Gasteiger partial charge in [-0.2, -0.15) is 0 Å². The van der Waals surface area contributed by atoms with Crippen LogP contribution in [0.25, 0.3) is 22.2 Å². The van der Waals surface area contributed by atoms with Gasteiger partial charge in [0, 0.05) is 48.8 Å². The fourth-order valence-corrected chi connectivity index (χ4v) is 8.40. The van der Waals surface area contributed by atoms with Crippen LogP contribution < -0.4 is 24.8 Å². The maximum atomic E-state index is 14.2. The Kier molecular flexibility index (Phi) is 10.1. The highest BCUT2D eigenvalue weighted by atomic mass is 32.2. The zero-order chi connectivity index (χ0) is 38.0. The van der Waals surface area contributed by atoms with Gasteiger partial charge < -0.3 is 25.0 Å². The van der Waals surface area contributed by atoms with E-state index in [-0.39, 0.29) is 48.2 Å². The standard InChI is InChI=1S/C40H41N5O8S/c1-25(46)45-24-29(53-35-22-32(26-12-6-5-7-13-26)41-33-20-28(52-2)18-19-30(33)35)21-34(45)38(48)43-40-23-27(40)14-8-3-4-9-17-37(47)42-31-15-10-11-16-36(31)54(50,51)44-39(40)49/h5-8,10-16,18-20,22,27,29,34H,3-4,9,17,21,23-24H2,1-2H3,(H,42,47)(H,43,48)(H,44,49)/b14-8-/t27-,29+,34-,40+/m0/s1. The third-order valence-corrected chi connectivity index (χ3v) is 11.5. The Bertz CT molecular complexity index is 2260. The molecule has 54 heavy (non-hydrogen) atoms. The average molecular weight is 752 g/mol. The summed E-state index contributed by atoms with van der Waals surface area (Å²) in [5.41, 5.74) is 0.659. The van der Waals surface area contributed by atoms with Gasteiger partial charge >= 0.3 is 0 Å². The van der Waals surface area contributed by atoms with Crippen molar-refractivity contribution >= 4 is 50.2 Å². The number of ether oxygens (including phenoxy) is 2. The van der Waals surface area contributed by atoms with Crippen molar-refractivity contribution in [2.75, 3.05) is 19.0 Å². The van der Waals surface area contributed by atoms with Crippen LogP contribution >= 0.6 is 0 Å². The van der Waals surface area contributed by atoms with E-state index in [0.29, 0.717) is 42.0 Å². The van der Waals surface area contributed by atoms with Crippen molar-refractivity contribution in [2.24, 2.45) is 5.92 Å². The molecule has 1 saturated carbocycles. The molecule has 4 amide bonds. The Labute approximate surface area is 313 Å². The van der Waals surface area contributed by atoms with Crippen molar-refractivity contribution in [3.8, 4) is 22.8 Å². The van der Waals surface area contributed by atoms with Crippen LogP contribution in [0.4, 0.5) is 5.69 Å². The van der Waals surface area contributed by atoms with Crippen LogP contribution in [0.15, 0.2) is 95.9 Å². The molecule has 0 spiro atoms. The van der Waals surface area contributed by atoms with Crippen molar-refractivity contribution in [2.45, 2.75) is 68.0 Å². The second kappa shape index (κ2) is 14.9. The summed E-state index contributed by atoms with van der Waals surface area (Å²) >= 11 is 0. The highest BCUT2D eigenvalue weighted by Crippen LogP contribution is 2.46. The molecule has 1 aromatic heterocycles. The van der Waals surface area contributed by atoms with Crippen LogP contribution in [-0.2, 0) is 29.2 Å². The molecule has 4 atom stereocenters. The van der Waals surface area contributed by atoms with Crippen molar-refractivity contribution in [3.05, 3.63) is 91.0 Å². The third-order valence-electron chi connectivity index (χ3n) is 10.1. The Morgan fingerprint density at radius 1 is 1.00 bits per heavy atom. The number of fused-ring (bicyclic) bond motifs is 3. The number of allylic oxidation sites excluding steroid dienone is 1. The number of benzene rings is 3. The lowest BCUT2D eigenvalue weighted by Gasteiger charge is -2.25. The van der Waals surface area contributed by atoms with E-state index in [4.69, 9.17) is 14.5 Å². The molecular weight excluding hydrogens is 711 g/mol. The lowest BCUT2D eigenvalue weighted by molar-refractivity contribution is -0.138. The van der Waals surface area contributed by atoms with Gasteiger partial charge in [-0.1, -0.05) is 54.6 Å². The van der Waals surface area contributed by atoms with Gasteiger partial charge in [-0.05, 0) is 49.9 Å². The molecule has 13 nitrogen and oxygen atoms in total. The van der Waals surface area contributed by atoms with Gasteiger partial charge in [-0.25, -0.2) is 18.1 Å². The third kappa shape index (κ3) is 7.51. The summed E-state index contributed by atoms with van der Waals surface area (Å²) in [4.78, 5) is 59.6. The number of hydrogen-bond acceptors (Lipinski definition) is 9. The molecule has 4 aromatic rings. The number of hydrogen-bond donors (Lipinski definition) is 3. The van der Waals surface area contributed by atoms with E-state index in [9.17, 15) is 27.6 Å².